The first-order chi connectivity index (χ1) is 9.74. The van der Waals surface area contributed by atoms with Crippen molar-refractivity contribution in [1.29, 1.82) is 0 Å². The standard InChI is InChI=1S/C17H25FN2/c1-19-13-14-5-4-6-15(18)16(14)20-11-9-17(10-12-20)7-2-3-8-17/h4-6,19H,2-3,7-13H2,1H3. The van der Waals surface area contributed by atoms with Gasteiger partial charge in [-0.05, 0) is 49.8 Å². The average Bonchev–Trinajstić information content (AvgIpc) is 2.90. The molecule has 110 valence electrons. The Hall–Kier alpha value is -1.09. The lowest BCUT2D eigenvalue weighted by molar-refractivity contribution is 0.226. The molecule has 0 amide bonds. The van der Waals surface area contributed by atoms with Gasteiger partial charge in [-0.2, -0.15) is 0 Å². The van der Waals surface area contributed by atoms with Crippen LogP contribution in [0.5, 0.6) is 0 Å². The van der Waals surface area contributed by atoms with E-state index in [2.05, 4.69) is 10.2 Å². The molecule has 1 N–H and O–H groups in total. The number of hydrogen-bond donors (Lipinski definition) is 1. The number of anilines is 1. The zero-order valence-electron chi connectivity index (χ0n) is 12.4. The van der Waals surface area contributed by atoms with Crippen LogP contribution < -0.4 is 10.2 Å². The molecule has 2 fully saturated rings. The van der Waals surface area contributed by atoms with Gasteiger partial charge in [0.05, 0.1) is 5.69 Å². The highest BCUT2D eigenvalue weighted by Crippen LogP contribution is 2.47. The number of halogens is 1. The van der Waals surface area contributed by atoms with Crippen molar-refractivity contribution < 1.29 is 4.39 Å². The van der Waals surface area contributed by atoms with Gasteiger partial charge in [-0.1, -0.05) is 25.0 Å². The molecular formula is C17H25FN2. The van der Waals surface area contributed by atoms with Gasteiger partial charge in [0.1, 0.15) is 5.82 Å². The van der Waals surface area contributed by atoms with Gasteiger partial charge >= 0.3 is 0 Å². The molecule has 0 bridgehead atoms. The minimum absolute atomic E-state index is 0.0693. The second-order valence-electron chi connectivity index (χ2n) is 6.47. The molecule has 3 rings (SSSR count). The average molecular weight is 276 g/mol. The summed E-state index contributed by atoms with van der Waals surface area (Å²) in [5.41, 5.74) is 2.50. The highest BCUT2D eigenvalue weighted by atomic mass is 19.1. The maximum Gasteiger partial charge on any atom is 0.146 e. The molecule has 0 unspecified atom stereocenters. The maximum absolute atomic E-state index is 14.3. The van der Waals surface area contributed by atoms with Crippen molar-refractivity contribution in [2.24, 2.45) is 5.41 Å². The van der Waals surface area contributed by atoms with Gasteiger partial charge in [-0.15, -0.1) is 0 Å². The van der Waals surface area contributed by atoms with Crippen molar-refractivity contribution >= 4 is 5.69 Å². The first-order valence-electron chi connectivity index (χ1n) is 7.91. The second-order valence-corrected chi connectivity index (χ2v) is 6.47. The predicted molar refractivity (Wildman–Crippen MR) is 81.5 cm³/mol. The van der Waals surface area contributed by atoms with Gasteiger partial charge in [0.25, 0.3) is 0 Å². The molecule has 1 spiro atoms. The Labute approximate surface area is 121 Å². The molecule has 1 heterocycles. The van der Waals surface area contributed by atoms with E-state index in [0.717, 1.165) is 30.9 Å². The summed E-state index contributed by atoms with van der Waals surface area (Å²) >= 11 is 0. The van der Waals surface area contributed by atoms with E-state index in [9.17, 15) is 4.39 Å². The predicted octanol–water partition coefficient (Wildman–Crippen LogP) is 3.71. The molecule has 0 radical (unpaired) electrons. The number of nitrogens with zero attached hydrogens (tertiary/aromatic N) is 1. The molecule has 1 saturated heterocycles. The van der Waals surface area contributed by atoms with Gasteiger partial charge in [-0.25, -0.2) is 4.39 Å². The summed E-state index contributed by atoms with van der Waals surface area (Å²) < 4.78 is 14.3. The van der Waals surface area contributed by atoms with E-state index < -0.39 is 0 Å². The fourth-order valence-corrected chi connectivity index (χ4v) is 4.08. The van der Waals surface area contributed by atoms with Crippen LogP contribution in [-0.2, 0) is 6.54 Å². The number of para-hydroxylation sites is 1. The van der Waals surface area contributed by atoms with E-state index in [1.165, 1.54) is 38.5 Å². The molecule has 20 heavy (non-hydrogen) atoms. The van der Waals surface area contributed by atoms with Gasteiger partial charge in [0, 0.05) is 19.6 Å². The quantitative estimate of drug-likeness (QED) is 0.905. The van der Waals surface area contributed by atoms with E-state index in [0.29, 0.717) is 5.41 Å². The Bertz CT molecular complexity index is 456. The Morgan fingerprint density at radius 1 is 1.15 bits per heavy atom. The van der Waals surface area contributed by atoms with E-state index in [1.54, 1.807) is 6.07 Å². The topological polar surface area (TPSA) is 15.3 Å². The van der Waals surface area contributed by atoms with Crippen molar-refractivity contribution in [2.75, 3.05) is 25.0 Å². The van der Waals surface area contributed by atoms with E-state index in [1.807, 2.05) is 19.2 Å². The summed E-state index contributed by atoms with van der Waals surface area (Å²) in [6.45, 7) is 2.75. The summed E-state index contributed by atoms with van der Waals surface area (Å²) in [6, 6.07) is 5.44. The molecular weight excluding hydrogens is 251 g/mol. The second kappa shape index (κ2) is 5.72. The Balaban J connectivity index is 1.77. The number of rotatable bonds is 3. The van der Waals surface area contributed by atoms with Gasteiger partial charge in [0.2, 0.25) is 0 Å². The van der Waals surface area contributed by atoms with E-state index in [-0.39, 0.29) is 5.82 Å². The summed E-state index contributed by atoms with van der Waals surface area (Å²) in [5, 5.41) is 3.15. The highest BCUT2D eigenvalue weighted by molar-refractivity contribution is 5.55. The third-order valence-corrected chi connectivity index (χ3v) is 5.24. The monoisotopic (exact) mass is 276 g/mol. The lowest BCUT2D eigenvalue weighted by Gasteiger charge is -2.41. The minimum Gasteiger partial charge on any atom is -0.369 e. The number of hydrogen-bond acceptors (Lipinski definition) is 2. The van der Waals surface area contributed by atoms with Crippen LogP contribution in [0.2, 0.25) is 0 Å². The van der Waals surface area contributed by atoms with Crippen molar-refractivity contribution in [3.8, 4) is 0 Å². The van der Waals surface area contributed by atoms with Crippen LogP contribution >= 0.6 is 0 Å². The molecule has 1 aromatic rings. The van der Waals surface area contributed by atoms with Crippen LogP contribution in [0.4, 0.5) is 10.1 Å². The molecule has 1 aromatic carbocycles. The molecule has 1 saturated carbocycles. The zero-order valence-corrected chi connectivity index (χ0v) is 12.4. The largest absolute Gasteiger partial charge is 0.369 e. The van der Waals surface area contributed by atoms with Crippen LogP contribution in [0.3, 0.4) is 0 Å². The third-order valence-electron chi connectivity index (χ3n) is 5.24. The first-order valence-corrected chi connectivity index (χ1v) is 7.91. The Morgan fingerprint density at radius 2 is 1.85 bits per heavy atom. The zero-order chi connectivity index (χ0) is 14.0. The highest BCUT2D eigenvalue weighted by Gasteiger charge is 2.37. The van der Waals surface area contributed by atoms with Gasteiger partial charge < -0.3 is 10.2 Å². The van der Waals surface area contributed by atoms with Crippen LogP contribution in [0.25, 0.3) is 0 Å². The minimum atomic E-state index is -0.0693. The summed E-state index contributed by atoms with van der Waals surface area (Å²) in [6.07, 6.45) is 8.04. The summed E-state index contributed by atoms with van der Waals surface area (Å²) in [7, 11) is 1.92. The molecule has 2 aliphatic rings. The van der Waals surface area contributed by atoms with Crippen molar-refractivity contribution in [2.45, 2.75) is 45.1 Å². The number of benzene rings is 1. The molecule has 1 aliphatic carbocycles. The smallest absolute Gasteiger partial charge is 0.146 e. The van der Waals surface area contributed by atoms with Crippen LogP contribution in [-0.4, -0.2) is 20.1 Å². The summed E-state index contributed by atoms with van der Waals surface area (Å²) in [4.78, 5) is 2.27. The maximum atomic E-state index is 14.3. The molecule has 2 nitrogen and oxygen atoms in total. The molecule has 0 atom stereocenters. The molecule has 0 aromatic heterocycles. The molecule has 1 aliphatic heterocycles. The normalized spacial score (nSPS) is 21.6. The Morgan fingerprint density at radius 3 is 2.50 bits per heavy atom. The SMILES string of the molecule is CNCc1cccc(F)c1N1CCC2(CCCC2)CC1. The summed E-state index contributed by atoms with van der Waals surface area (Å²) in [5.74, 6) is -0.0693. The van der Waals surface area contributed by atoms with Crippen molar-refractivity contribution in [1.82, 2.24) is 5.32 Å². The fraction of sp³-hybridized carbons (Fsp3) is 0.647. The number of piperidine rings is 1. The third kappa shape index (κ3) is 2.56. The first kappa shape index (κ1) is 13.9. The number of nitrogens with one attached hydrogen (secondary N) is 1. The Kier molecular flexibility index (Phi) is 3.97. The van der Waals surface area contributed by atoms with Gasteiger partial charge in [0.15, 0.2) is 0 Å². The van der Waals surface area contributed by atoms with E-state index in [4.69, 9.17) is 0 Å². The van der Waals surface area contributed by atoms with Crippen LogP contribution in [0, 0.1) is 11.2 Å². The lowest BCUT2D eigenvalue weighted by atomic mass is 9.77. The van der Waals surface area contributed by atoms with Crippen molar-refractivity contribution in [3.05, 3.63) is 29.6 Å². The van der Waals surface area contributed by atoms with Crippen LogP contribution in [0.15, 0.2) is 18.2 Å². The lowest BCUT2D eigenvalue weighted by Crippen LogP contribution is -2.39. The van der Waals surface area contributed by atoms with Crippen molar-refractivity contribution in [3.63, 3.8) is 0 Å². The van der Waals surface area contributed by atoms with Crippen LogP contribution in [0.1, 0.15) is 44.1 Å². The molecule has 3 heteroatoms. The van der Waals surface area contributed by atoms with Gasteiger partial charge in [-0.3, -0.25) is 0 Å². The fourth-order valence-electron chi connectivity index (χ4n) is 4.08. The van der Waals surface area contributed by atoms with E-state index >= 15 is 0 Å².